The number of rotatable bonds is 12. The molecule has 1 aliphatic heterocycles. The first kappa shape index (κ1) is 32.0. The van der Waals surface area contributed by atoms with E-state index >= 15 is 0 Å². The third-order valence-electron chi connectivity index (χ3n) is 8.05. The van der Waals surface area contributed by atoms with Crippen LogP contribution in [0.15, 0.2) is 83.7 Å². The van der Waals surface area contributed by atoms with E-state index in [0.717, 1.165) is 29.7 Å². The smallest absolute Gasteiger partial charge is 0.254 e. The Morgan fingerprint density at radius 1 is 1.09 bits per heavy atom. The van der Waals surface area contributed by atoms with E-state index < -0.39 is 23.7 Å². The second-order valence-electron chi connectivity index (χ2n) is 12.1. The Labute approximate surface area is 262 Å². The number of halogens is 1. The standard InChI is InChI=1S/C35H40FN5O4/c1-23-22-45-33(39-23)30-13-8-14-41(30)34(44)27-12-7-11-26(17-27)32(43)40-29(16-24-9-5-4-6-10-24)31(42)21-38-19-25-15-28(20-37-18-25)35(2,3)36/h4-7,9-12,15,17-18,20,22,29-31,38,42H,8,13-14,16,19,21H2,1-3H3,(H,40,43)/t29-,30+,31+/m0/s1. The fourth-order valence-corrected chi connectivity index (χ4v) is 5.57. The number of oxazole rings is 1. The van der Waals surface area contributed by atoms with Crippen LogP contribution in [-0.2, 0) is 18.6 Å². The van der Waals surface area contributed by atoms with Crippen LogP contribution in [-0.4, -0.2) is 57.0 Å². The molecule has 45 heavy (non-hydrogen) atoms. The van der Waals surface area contributed by atoms with Crippen LogP contribution in [0.3, 0.4) is 0 Å². The molecular formula is C35H40FN5O4. The highest BCUT2D eigenvalue weighted by atomic mass is 19.1. The molecule has 0 saturated carbocycles. The number of carbonyl (C=O) groups is 2. The number of pyridine rings is 1. The van der Waals surface area contributed by atoms with Crippen molar-refractivity contribution in [3.63, 3.8) is 0 Å². The fraction of sp³-hybridized carbons (Fsp3) is 0.371. The molecule has 3 N–H and O–H groups in total. The zero-order valence-corrected chi connectivity index (χ0v) is 25.9. The Hall–Kier alpha value is -4.41. The molecule has 4 aromatic rings. The van der Waals surface area contributed by atoms with Crippen LogP contribution >= 0.6 is 0 Å². The number of alkyl halides is 1. The highest BCUT2D eigenvalue weighted by Gasteiger charge is 2.34. The first-order valence-electron chi connectivity index (χ1n) is 15.3. The minimum atomic E-state index is -1.51. The molecule has 0 radical (unpaired) electrons. The number of amides is 2. The van der Waals surface area contributed by atoms with E-state index in [1.54, 1.807) is 47.7 Å². The van der Waals surface area contributed by atoms with Crippen molar-refractivity contribution in [2.45, 2.75) is 70.4 Å². The first-order chi connectivity index (χ1) is 21.6. The Morgan fingerprint density at radius 2 is 1.87 bits per heavy atom. The fourth-order valence-electron chi connectivity index (χ4n) is 5.57. The first-order valence-corrected chi connectivity index (χ1v) is 15.3. The monoisotopic (exact) mass is 613 g/mol. The van der Waals surface area contributed by atoms with Crippen LogP contribution in [0.25, 0.3) is 0 Å². The van der Waals surface area contributed by atoms with Crippen LogP contribution in [0.1, 0.15) is 81.7 Å². The quantitative estimate of drug-likeness (QED) is 0.205. The molecule has 0 unspecified atom stereocenters. The van der Waals surface area contributed by atoms with Crippen LogP contribution in [0, 0.1) is 6.92 Å². The number of nitrogens with one attached hydrogen (secondary N) is 2. The average Bonchev–Trinajstić information content (AvgIpc) is 3.70. The van der Waals surface area contributed by atoms with Crippen molar-refractivity contribution in [2.24, 2.45) is 0 Å². The van der Waals surface area contributed by atoms with Gasteiger partial charge in [0.05, 0.1) is 17.8 Å². The van der Waals surface area contributed by atoms with Crippen LogP contribution in [0.4, 0.5) is 4.39 Å². The molecule has 1 fully saturated rings. The van der Waals surface area contributed by atoms with Crippen molar-refractivity contribution < 1.29 is 23.5 Å². The second-order valence-corrected chi connectivity index (χ2v) is 12.1. The zero-order valence-electron chi connectivity index (χ0n) is 25.9. The van der Waals surface area contributed by atoms with E-state index in [2.05, 4.69) is 20.6 Å². The Morgan fingerprint density at radius 3 is 2.60 bits per heavy atom. The van der Waals surface area contributed by atoms with Gasteiger partial charge >= 0.3 is 0 Å². The number of likely N-dealkylation sites (tertiary alicyclic amines) is 1. The van der Waals surface area contributed by atoms with E-state index in [0.29, 0.717) is 42.1 Å². The lowest BCUT2D eigenvalue weighted by atomic mass is 9.99. The summed E-state index contributed by atoms with van der Waals surface area (Å²) in [5, 5.41) is 17.4. The summed E-state index contributed by atoms with van der Waals surface area (Å²) in [4.78, 5) is 37.4. The van der Waals surface area contributed by atoms with Crippen molar-refractivity contribution in [2.75, 3.05) is 13.1 Å². The number of carbonyl (C=O) groups excluding carboxylic acids is 2. The van der Waals surface area contributed by atoms with E-state index in [4.69, 9.17) is 4.42 Å². The summed E-state index contributed by atoms with van der Waals surface area (Å²) in [6, 6.07) is 17.1. The molecule has 10 heteroatoms. The van der Waals surface area contributed by atoms with E-state index in [1.807, 2.05) is 37.3 Å². The molecule has 2 amide bonds. The molecule has 3 atom stereocenters. The molecule has 236 valence electrons. The summed E-state index contributed by atoms with van der Waals surface area (Å²) in [5.41, 5.74) is 2.18. The summed E-state index contributed by atoms with van der Waals surface area (Å²) >= 11 is 0. The van der Waals surface area contributed by atoms with Crippen LogP contribution < -0.4 is 10.6 Å². The number of aromatic nitrogens is 2. The minimum absolute atomic E-state index is 0.177. The summed E-state index contributed by atoms with van der Waals surface area (Å²) in [7, 11) is 0. The summed E-state index contributed by atoms with van der Waals surface area (Å²) in [6.45, 7) is 5.93. The largest absolute Gasteiger partial charge is 0.446 e. The Bertz CT molecular complexity index is 1600. The van der Waals surface area contributed by atoms with Gasteiger partial charge in [0, 0.05) is 48.7 Å². The number of benzene rings is 2. The van der Waals surface area contributed by atoms with Crippen LogP contribution in [0.5, 0.6) is 0 Å². The maximum Gasteiger partial charge on any atom is 0.254 e. The lowest BCUT2D eigenvalue weighted by Gasteiger charge is -2.25. The van der Waals surface area contributed by atoms with Crippen molar-refractivity contribution in [3.8, 4) is 0 Å². The van der Waals surface area contributed by atoms with Crippen molar-refractivity contribution in [1.29, 1.82) is 0 Å². The van der Waals surface area contributed by atoms with Crippen molar-refractivity contribution in [1.82, 2.24) is 25.5 Å². The maximum absolute atomic E-state index is 14.4. The molecule has 1 aliphatic rings. The van der Waals surface area contributed by atoms with Gasteiger partial charge < -0.3 is 25.1 Å². The van der Waals surface area contributed by atoms with Crippen molar-refractivity contribution >= 4 is 11.8 Å². The normalized spacial score (nSPS) is 16.4. The molecule has 9 nitrogen and oxygen atoms in total. The van der Waals surface area contributed by atoms with E-state index in [9.17, 15) is 19.1 Å². The molecule has 0 aliphatic carbocycles. The lowest BCUT2D eigenvalue weighted by Crippen LogP contribution is -2.48. The van der Waals surface area contributed by atoms with Gasteiger partial charge in [0.1, 0.15) is 18.0 Å². The highest BCUT2D eigenvalue weighted by Crippen LogP contribution is 2.33. The molecule has 0 bridgehead atoms. The molecule has 1 saturated heterocycles. The van der Waals surface area contributed by atoms with Gasteiger partial charge in [0.25, 0.3) is 11.8 Å². The number of aliphatic hydroxyl groups excluding tert-OH is 1. The topological polar surface area (TPSA) is 121 Å². The third kappa shape index (κ3) is 8.20. The number of aryl methyl sites for hydroxylation is 1. The summed E-state index contributed by atoms with van der Waals surface area (Å²) in [6.07, 6.45) is 5.79. The summed E-state index contributed by atoms with van der Waals surface area (Å²) in [5.74, 6) is -0.0652. The predicted molar refractivity (Wildman–Crippen MR) is 168 cm³/mol. The van der Waals surface area contributed by atoms with Gasteiger partial charge in [-0.1, -0.05) is 36.4 Å². The Balaban J connectivity index is 1.26. The number of hydrogen-bond acceptors (Lipinski definition) is 7. The van der Waals surface area contributed by atoms with Gasteiger partial charge in [-0.2, -0.15) is 0 Å². The molecular weight excluding hydrogens is 573 g/mol. The van der Waals surface area contributed by atoms with Crippen molar-refractivity contribution in [3.05, 3.63) is 119 Å². The summed E-state index contributed by atoms with van der Waals surface area (Å²) < 4.78 is 20.0. The second kappa shape index (κ2) is 14.1. The highest BCUT2D eigenvalue weighted by molar-refractivity contribution is 6.00. The molecule has 5 rings (SSSR count). The van der Waals surface area contributed by atoms with Crippen LogP contribution in [0.2, 0.25) is 0 Å². The van der Waals surface area contributed by atoms with Gasteiger partial charge in [-0.15, -0.1) is 0 Å². The number of aliphatic hydroxyl groups is 1. The third-order valence-corrected chi connectivity index (χ3v) is 8.05. The van der Waals surface area contributed by atoms with Gasteiger partial charge in [-0.05, 0) is 75.4 Å². The maximum atomic E-state index is 14.4. The van der Waals surface area contributed by atoms with Gasteiger partial charge in [0.15, 0.2) is 0 Å². The molecule has 2 aromatic carbocycles. The van der Waals surface area contributed by atoms with Gasteiger partial charge in [-0.25, -0.2) is 9.37 Å². The molecule has 0 spiro atoms. The van der Waals surface area contributed by atoms with Gasteiger partial charge in [-0.3, -0.25) is 14.6 Å². The SMILES string of the molecule is Cc1coc([C@H]2CCCN2C(=O)c2cccc(C(=O)N[C@@H](Cc3ccccc3)[C@H](O)CNCc3cncc(C(C)(C)F)c3)c2)n1. The number of nitrogens with zero attached hydrogens (tertiary/aromatic N) is 3. The van der Waals surface area contributed by atoms with E-state index in [-0.39, 0.29) is 18.5 Å². The van der Waals surface area contributed by atoms with Gasteiger partial charge in [0.2, 0.25) is 5.89 Å². The predicted octanol–water partition coefficient (Wildman–Crippen LogP) is 5.05. The number of hydrogen-bond donors (Lipinski definition) is 3. The minimum Gasteiger partial charge on any atom is -0.446 e. The zero-order chi connectivity index (χ0) is 32.0. The Kier molecular flexibility index (Phi) is 10.0. The molecule has 2 aromatic heterocycles. The average molecular weight is 614 g/mol. The molecule has 3 heterocycles. The lowest BCUT2D eigenvalue weighted by molar-refractivity contribution is 0.0715. The van der Waals surface area contributed by atoms with E-state index in [1.165, 1.54) is 20.0 Å².